The van der Waals surface area contributed by atoms with E-state index in [0.717, 1.165) is 16.6 Å². The van der Waals surface area contributed by atoms with Crippen LogP contribution in [-0.2, 0) is 6.18 Å². The van der Waals surface area contributed by atoms with Crippen LogP contribution >= 0.6 is 31.9 Å². The highest BCUT2D eigenvalue weighted by molar-refractivity contribution is 9.10. The Morgan fingerprint density at radius 3 is 2.18 bits per heavy atom. The average Bonchev–Trinajstić information content (AvgIpc) is 2.42. The molecule has 0 spiro atoms. The molecule has 0 saturated heterocycles. The maximum Gasteiger partial charge on any atom is 0.418 e. The van der Waals surface area contributed by atoms with Gasteiger partial charge in [0, 0.05) is 8.95 Å². The summed E-state index contributed by atoms with van der Waals surface area (Å²) in [7, 11) is 0. The second kappa shape index (κ2) is 6.70. The molecule has 3 nitrogen and oxygen atoms in total. The van der Waals surface area contributed by atoms with Gasteiger partial charge in [-0.3, -0.25) is 5.32 Å². The molecular formula is C14H8Br2F3NO2. The zero-order chi connectivity index (χ0) is 16.3. The van der Waals surface area contributed by atoms with Crippen LogP contribution in [0.4, 0.5) is 23.7 Å². The van der Waals surface area contributed by atoms with Gasteiger partial charge < -0.3 is 4.74 Å². The Hall–Kier alpha value is -1.54. The first-order chi connectivity index (χ1) is 10.3. The standard InChI is InChI=1S/C14H8Br2F3NO2/c15-8-1-4-10(5-2-8)22-13(21)20-12-6-3-9(16)7-11(12)14(17,18)19/h1-7H,(H,20,21). The third-order valence-corrected chi connectivity index (χ3v) is 3.57. The Balaban J connectivity index is 2.16. The summed E-state index contributed by atoms with van der Waals surface area (Å²) in [6.45, 7) is 0. The predicted molar refractivity (Wildman–Crippen MR) is 82.9 cm³/mol. The van der Waals surface area contributed by atoms with Crippen LogP contribution in [0.1, 0.15) is 5.56 Å². The van der Waals surface area contributed by atoms with Crippen molar-refractivity contribution in [3.8, 4) is 5.75 Å². The Bertz CT molecular complexity index is 687. The molecule has 0 aliphatic heterocycles. The van der Waals surface area contributed by atoms with Crippen molar-refractivity contribution in [2.24, 2.45) is 0 Å². The van der Waals surface area contributed by atoms with Crippen molar-refractivity contribution in [1.82, 2.24) is 0 Å². The van der Waals surface area contributed by atoms with E-state index in [2.05, 4.69) is 37.2 Å². The third-order valence-electron chi connectivity index (χ3n) is 2.55. The number of benzene rings is 2. The molecule has 8 heteroatoms. The van der Waals surface area contributed by atoms with Gasteiger partial charge in [0.15, 0.2) is 0 Å². The van der Waals surface area contributed by atoms with E-state index in [1.807, 2.05) is 0 Å². The van der Waals surface area contributed by atoms with Crippen LogP contribution in [0.3, 0.4) is 0 Å². The first kappa shape index (κ1) is 16.8. The fraction of sp³-hybridized carbons (Fsp3) is 0.0714. The summed E-state index contributed by atoms with van der Waals surface area (Å²) in [5, 5.41) is 2.09. The molecule has 0 aromatic heterocycles. The molecule has 0 unspecified atom stereocenters. The van der Waals surface area contributed by atoms with Gasteiger partial charge in [-0.15, -0.1) is 0 Å². The van der Waals surface area contributed by atoms with E-state index in [1.54, 1.807) is 12.1 Å². The third kappa shape index (κ3) is 4.48. The molecule has 1 amide bonds. The fourth-order valence-electron chi connectivity index (χ4n) is 1.61. The zero-order valence-electron chi connectivity index (χ0n) is 10.7. The molecule has 1 N–H and O–H groups in total. The van der Waals surface area contributed by atoms with Crippen LogP contribution in [0.5, 0.6) is 5.75 Å². The number of carbonyl (C=O) groups excluding carboxylic acids is 1. The largest absolute Gasteiger partial charge is 0.418 e. The second-order valence-electron chi connectivity index (χ2n) is 4.16. The summed E-state index contributed by atoms with van der Waals surface area (Å²) in [5.74, 6) is 0.214. The van der Waals surface area contributed by atoms with E-state index < -0.39 is 17.8 Å². The van der Waals surface area contributed by atoms with Crippen molar-refractivity contribution >= 4 is 43.6 Å². The quantitative estimate of drug-likeness (QED) is 0.639. The predicted octanol–water partition coefficient (Wildman–Crippen LogP) is 5.84. The molecule has 0 aliphatic carbocycles. The van der Waals surface area contributed by atoms with E-state index >= 15 is 0 Å². The maximum atomic E-state index is 12.9. The van der Waals surface area contributed by atoms with Gasteiger partial charge in [-0.2, -0.15) is 13.2 Å². The first-order valence-corrected chi connectivity index (χ1v) is 7.45. The molecule has 22 heavy (non-hydrogen) atoms. The van der Waals surface area contributed by atoms with Crippen LogP contribution in [0.2, 0.25) is 0 Å². The number of alkyl halides is 3. The summed E-state index contributed by atoms with van der Waals surface area (Å²) in [4.78, 5) is 11.7. The lowest BCUT2D eigenvalue weighted by molar-refractivity contribution is -0.137. The molecule has 0 aliphatic rings. The zero-order valence-corrected chi connectivity index (χ0v) is 13.9. The number of carbonyl (C=O) groups is 1. The summed E-state index contributed by atoms with van der Waals surface area (Å²) in [5.41, 5.74) is -1.34. The molecule has 0 radical (unpaired) electrons. The molecule has 0 atom stereocenters. The van der Waals surface area contributed by atoms with Crippen LogP contribution in [0, 0.1) is 0 Å². The van der Waals surface area contributed by atoms with Crippen molar-refractivity contribution in [3.63, 3.8) is 0 Å². The van der Waals surface area contributed by atoms with Crippen LogP contribution in [0.15, 0.2) is 51.4 Å². The van der Waals surface area contributed by atoms with Gasteiger partial charge in [-0.1, -0.05) is 31.9 Å². The lowest BCUT2D eigenvalue weighted by Gasteiger charge is -2.14. The molecule has 0 saturated carbocycles. The number of anilines is 1. The Morgan fingerprint density at radius 2 is 1.59 bits per heavy atom. The van der Waals surface area contributed by atoms with Gasteiger partial charge in [0.1, 0.15) is 5.75 Å². The topological polar surface area (TPSA) is 38.3 Å². The summed E-state index contributed by atoms with van der Waals surface area (Å²) >= 11 is 6.19. The van der Waals surface area contributed by atoms with Gasteiger partial charge in [-0.05, 0) is 42.5 Å². The highest BCUT2D eigenvalue weighted by Gasteiger charge is 2.34. The molecule has 2 rings (SSSR count). The van der Waals surface area contributed by atoms with E-state index in [1.165, 1.54) is 18.2 Å². The SMILES string of the molecule is O=C(Nc1ccc(Br)cc1C(F)(F)F)Oc1ccc(Br)cc1. The first-order valence-electron chi connectivity index (χ1n) is 5.87. The van der Waals surface area contributed by atoms with Crippen molar-refractivity contribution in [3.05, 3.63) is 57.0 Å². The molecular weight excluding hydrogens is 431 g/mol. The van der Waals surface area contributed by atoms with E-state index in [4.69, 9.17) is 4.74 Å². The van der Waals surface area contributed by atoms with Gasteiger partial charge in [0.2, 0.25) is 0 Å². The molecule has 2 aromatic carbocycles. The maximum absolute atomic E-state index is 12.9. The summed E-state index contributed by atoms with van der Waals surface area (Å²) < 4.78 is 44.8. The lowest BCUT2D eigenvalue weighted by Crippen LogP contribution is -2.19. The van der Waals surface area contributed by atoms with Crippen LogP contribution < -0.4 is 10.1 Å². The lowest BCUT2D eigenvalue weighted by atomic mass is 10.1. The second-order valence-corrected chi connectivity index (χ2v) is 5.99. The molecule has 0 heterocycles. The van der Waals surface area contributed by atoms with Gasteiger partial charge in [-0.25, -0.2) is 4.79 Å². The highest BCUT2D eigenvalue weighted by Crippen LogP contribution is 2.36. The minimum absolute atomic E-state index is 0.214. The number of nitrogens with one attached hydrogen (secondary N) is 1. The monoisotopic (exact) mass is 437 g/mol. The van der Waals surface area contributed by atoms with Gasteiger partial charge in [0.05, 0.1) is 11.3 Å². The molecule has 116 valence electrons. The Morgan fingerprint density at radius 1 is 1.00 bits per heavy atom. The van der Waals surface area contributed by atoms with Crippen molar-refractivity contribution < 1.29 is 22.7 Å². The fourth-order valence-corrected chi connectivity index (χ4v) is 2.23. The Labute approximate surface area is 140 Å². The number of rotatable bonds is 2. The van der Waals surface area contributed by atoms with Crippen molar-refractivity contribution in [2.45, 2.75) is 6.18 Å². The normalized spacial score (nSPS) is 11.1. The minimum atomic E-state index is -4.59. The number of hydrogen-bond donors (Lipinski definition) is 1. The molecule has 0 fully saturated rings. The summed E-state index contributed by atoms with van der Waals surface area (Å²) in [6, 6.07) is 9.73. The van der Waals surface area contributed by atoms with Crippen LogP contribution in [0.25, 0.3) is 0 Å². The van der Waals surface area contributed by atoms with E-state index in [9.17, 15) is 18.0 Å². The number of amides is 1. The number of ether oxygens (including phenoxy) is 1. The van der Waals surface area contributed by atoms with Crippen LogP contribution in [-0.4, -0.2) is 6.09 Å². The number of hydrogen-bond acceptors (Lipinski definition) is 2. The van der Waals surface area contributed by atoms with E-state index in [0.29, 0.717) is 0 Å². The molecule has 0 bridgehead atoms. The van der Waals surface area contributed by atoms with Crippen molar-refractivity contribution in [1.29, 1.82) is 0 Å². The Kier molecular flexibility index (Phi) is 5.12. The van der Waals surface area contributed by atoms with E-state index in [-0.39, 0.29) is 15.9 Å². The smallest absolute Gasteiger partial charge is 0.410 e. The van der Waals surface area contributed by atoms with Crippen molar-refractivity contribution in [2.75, 3.05) is 5.32 Å². The van der Waals surface area contributed by atoms with Gasteiger partial charge in [0.25, 0.3) is 0 Å². The van der Waals surface area contributed by atoms with Gasteiger partial charge >= 0.3 is 12.3 Å². The minimum Gasteiger partial charge on any atom is -0.410 e. The number of halogens is 5. The molecule has 2 aromatic rings. The average molecular weight is 439 g/mol. The summed E-state index contributed by atoms with van der Waals surface area (Å²) in [6.07, 6.45) is -5.60. The highest BCUT2D eigenvalue weighted by atomic mass is 79.9.